The third-order valence-corrected chi connectivity index (χ3v) is 1.32. The largest absolute Gasteiger partial charge is 0.480 e. The number of carbonyl (C=O) groups is 3. The first-order valence-electron chi connectivity index (χ1n) is 3.72. The Morgan fingerprint density at radius 3 is 2.38 bits per heavy atom. The average molecular weight is 188 g/mol. The van der Waals surface area contributed by atoms with E-state index in [9.17, 15) is 14.4 Å². The van der Waals surface area contributed by atoms with Crippen LogP contribution in [-0.4, -0.2) is 28.9 Å². The van der Waals surface area contributed by atoms with Gasteiger partial charge >= 0.3 is 5.97 Å². The molecule has 0 aliphatic carbocycles. The number of nitrogens with two attached hydrogens (primary N) is 1. The van der Waals surface area contributed by atoms with Crippen molar-refractivity contribution >= 4 is 17.8 Å². The lowest BCUT2D eigenvalue weighted by Crippen LogP contribution is -2.33. The molecule has 6 heteroatoms. The first-order chi connectivity index (χ1) is 5.93. The maximum absolute atomic E-state index is 10.8. The fourth-order valence-electron chi connectivity index (χ4n) is 0.669. The zero-order chi connectivity index (χ0) is 10.4. The van der Waals surface area contributed by atoms with Gasteiger partial charge in [-0.25, -0.2) is 0 Å². The summed E-state index contributed by atoms with van der Waals surface area (Å²) in [5.74, 6) is -2.13. The van der Waals surface area contributed by atoms with Crippen LogP contribution in [0, 0.1) is 0 Å². The molecule has 0 radical (unpaired) electrons. The predicted octanol–water partition coefficient (Wildman–Crippen LogP) is -1.16. The van der Waals surface area contributed by atoms with Crippen molar-refractivity contribution in [3.05, 3.63) is 0 Å². The number of carboxylic acid groups (broad SMARTS) is 1. The highest BCUT2D eigenvalue weighted by Crippen LogP contribution is 1.94. The van der Waals surface area contributed by atoms with Crippen LogP contribution in [0.5, 0.6) is 0 Å². The Balaban J connectivity index is 3.70. The van der Waals surface area contributed by atoms with E-state index in [1.54, 1.807) is 0 Å². The van der Waals surface area contributed by atoms with Gasteiger partial charge in [-0.3, -0.25) is 19.7 Å². The molecule has 0 aromatic rings. The van der Waals surface area contributed by atoms with Gasteiger partial charge in [0.1, 0.15) is 6.04 Å². The first-order valence-corrected chi connectivity index (χ1v) is 3.72. The molecule has 0 aliphatic rings. The van der Waals surface area contributed by atoms with Crippen LogP contribution in [0.25, 0.3) is 0 Å². The summed E-state index contributed by atoms with van der Waals surface area (Å²) in [5.41, 5.74) is 5.13. The molecule has 0 saturated carbocycles. The van der Waals surface area contributed by atoms with E-state index < -0.39 is 23.8 Å². The van der Waals surface area contributed by atoms with Gasteiger partial charge in [-0.1, -0.05) is 0 Å². The summed E-state index contributed by atoms with van der Waals surface area (Å²) in [5, 5.41) is 10.4. The van der Waals surface area contributed by atoms with Gasteiger partial charge in [-0.05, 0) is 6.42 Å². The lowest BCUT2D eigenvalue weighted by atomic mass is 10.1. The highest BCUT2D eigenvalue weighted by Gasteiger charge is 2.13. The lowest BCUT2D eigenvalue weighted by molar-refractivity contribution is -0.138. The van der Waals surface area contributed by atoms with Crippen LogP contribution in [0.2, 0.25) is 0 Å². The fourth-order valence-corrected chi connectivity index (χ4v) is 0.669. The molecular formula is C7H12N2O4. The maximum atomic E-state index is 10.8. The quantitative estimate of drug-likeness (QED) is 0.515. The highest BCUT2D eigenvalue weighted by atomic mass is 16.4. The Morgan fingerprint density at radius 2 is 2.00 bits per heavy atom. The summed E-state index contributed by atoms with van der Waals surface area (Å²) < 4.78 is 0. The van der Waals surface area contributed by atoms with Crippen LogP contribution < -0.4 is 11.1 Å². The number of carbonyl (C=O) groups excluding carboxylic acids is 2. The zero-order valence-electron chi connectivity index (χ0n) is 7.24. The van der Waals surface area contributed by atoms with E-state index in [4.69, 9.17) is 10.8 Å². The number of amides is 2. The number of carboxylic acids is 1. The minimum absolute atomic E-state index is 0.0223. The molecule has 0 saturated heterocycles. The number of hydrogen-bond donors (Lipinski definition) is 3. The molecule has 0 bridgehead atoms. The summed E-state index contributed by atoms with van der Waals surface area (Å²) in [6.45, 7) is 1.20. The average Bonchev–Trinajstić information content (AvgIpc) is 1.98. The van der Waals surface area contributed by atoms with Crippen LogP contribution in [0.4, 0.5) is 0 Å². The zero-order valence-corrected chi connectivity index (χ0v) is 7.24. The molecule has 0 aromatic carbocycles. The van der Waals surface area contributed by atoms with Crippen LogP contribution in [0.1, 0.15) is 19.8 Å². The first kappa shape index (κ1) is 11.6. The van der Waals surface area contributed by atoms with Gasteiger partial charge in [-0.15, -0.1) is 0 Å². The molecule has 6 nitrogen and oxygen atoms in total. The second kappa shape index (κ2) is 5.26. The second-order valence-electron chi connectivity index (χ2n) is 2.59. The van der Waals surface area contributed by atoms with Crippen molar-refractivity contribution in [2.24, 2.45) is 5.73 Å². The molecule has 0 heterocycles. The number of aliphatic carboxylic acids is 1. The van der Waals surface area contributed by atoms with Crippen molar-refractivity contribution in [2.45, 2.75) is 25.8 Å². The summed E-state index contributed by atoms with van der Waals surface area (Å²) >= 11 is 0. The molecule has 0 aromatic heterocycles. The van der Waals surface area contributed by atoms with Crippen molar-refractivity contribution in [2.75, 3.05) is 0 Å². The summed E-state index contributed by atoms with van der Waals surface area (Å²) in [4.78, 5) is 31.4. The molecule has 4 N–H and O–H groups in total. The number of nitrogens with one attached hydrogen (secondary N) is 1. The molecule has 1 unspecified atom stereocenters. The maximum Gasteiger partial charge on any atom is 0.320 e. The fraction of sp³-hybridized carbons (Fsp3) is 0.571. The number of hydrogen-bond acceptors (Lipinski definition) is 4. The Hall–Kier alpha value is -1.43. The van der Waals surface area contributed by atoms with E-state index in [-0.39, 0.29) is 12.8 Å². The van der Waals surface area contributed by atoms with E-state index in [0.717, 1.165) is 0 Å². The minimum Gasteiger partial charge on any atom is -0.480 e. The van der Waals surface area contributed by atoms with Gasteiger partial charge in [0.05, 0.1) is 0 Å². The Morgan fingerprint density at radius 1 is 1.46 bits per heavy atom. The third kappa shape index (κ3) is 5.80. The van der Waals surface area contributed by atoms with Gasteiger partial charge in [0.25, 0.3) is 0 Å². The topological polar surface area (TPSA) is 109 Å². The van der Waals surface area contributed by atoms with Crippen LogP contribution >= 0.6 is 0 Å². The summed E-state index contributed by atoms with van der Waals surface area (Å²) in [6, 6.07) is -1.06. The van der Waals surface area contributed by atoms with E-state index in [1.165, 1.54) is 6.92 Å². The molecular weight excluding hydrogens is 176 g/mol. The van der Waals surface area contributed by atoms with Crippen LogP contribution in [-0.2, 0) is 14.4 Å². The number of imide groups is 1. The van der Waals surface area contributed by atoms with Crippen LogP contribution in [0.3, 0.4) is 0 Å². The monoisotopic (exact) mass is 188 g/mol. The Bertz CT molecular complexity index is 227. The van der Waals surface area contributed by atoms with E-state index in [1.807, 2.05) is 5.32 Å². The van der Waals surface area contributed by atoms with Gasteiger partial charge in [0.2, 0.25) is 11.8 Å². The third-order valence-electron chi connectivity index (χ3n) is 1.32. The lowest BCUT2D eigenvalue weighted by Gasteiger charge is -2.04. The predicted molar refractivity (Wildman–Crippen MR) is 43.7 cm³/mol. The van der Waals surface area contributed by atoms with Gasteiger partial charge in [-0.2, -0.15) is 0 Å². The summed E-state index contributed by atoms with van der Waals surface area (Å²) in [7, 11) is 0. The molecule has 0 fully saturated rings. The summed E-state index contributed by atoms with van der Waals surface area (Å²) in [6.07, 6.45) is -0.0402. The molecule has 2 amide bonds. The van der Waals surface area contributed by atoms with E-state index in [2.05, 4.69) is 0 Å². The number of rotatable bonds is 4. The van der Waals surface area contributed by atoms with Crippen molar-refractivity contribution in [1.82, 2.24) is 5.32 Å². The molecule has 1 atom stereocenters. The molecule has 0 spiro atoms. The van der Waals surface area contributed by atoms with Crippen molar-refractivity contribution < 1.29 is 19.5 Å². The van der Waals surface area contributed by atoms with Crippen molar-refractivity contribution in [3.63, 3.8) is 0 Å². The Kier molecular flexibility index (Phi) is 4.68. The van der Waals surface area contributed by atoms with Gasteiger partial charge < -0.3 is 10.8 Å². The standard InChI is InChI=1S/C7H12N2O4/c1-4(10)9-6(11)3-2-5(8)7(12)13/h5H,2-3,8H2,1H3,(H,12,13)(H,9,10,11). The Labute approximate surface area is 75.1 Å². The second-order valence-corrected chi connectivity index (χ2v) is 2.59. The molecule has 74 valence electrons. The van der Waals surface area contributed by atoms with Crippen LogP contribution in [0.15, 0.2) is 0 Å². The van der Waals surface area contributed by atoms with E-state index >= 15 is 0 Å². The molecule has 0 aliphatic heterocycles. The smallest absolute Gasteiger partial charge is 0.320 e. The van der Waals surface area contributed by atoms with Gasteiger partial charge in [0.15, 0.2) is 0 Å². The molecule has 13 heavy (non-hydrogen) atoms. The van der Waals surface area contributed by atoms with Gasteiger partial charge in [0, 0.05) is 13.3 Å². The highest BCUT2D eigenvalue weighted by molar-refractivity contribution is 5.94. The van der Waals surface area contributed by atoms with Crippen molar-refractivity contribution in [3.8, 4) is 0 Å². The van der Waals surface area contributed by atoms with Crippen molar-refractivity contribution in [1.29, 1.82) is 0 Å². The SMILES string of the molecule is CC(=O)NC(=O)CCC(N)C(=O)O. The normalized spacial score (nSPS) is 11.8. The van der Waals surface area contributed by atoms with E-state index in [0.29, 0.717) is 0 Å². The minimum atomic E-state index is -1.16. The molecule has 0 rings (SSSR count).